The molecule has 0 bridgehead atoms. The maximum absolute atomic E-state index is 5.86. The molecular formula is C15H23BN2O. The lowest BCUT2D eigenvalue weighted by atomic mass is 9.42. The third-order valence-electron chi connectivity index (χ3n) is 5.41. The van der Waals surface area contributed by atoms with E-state index < -0.39 is 0 Å². The van der Waals surface area contributed by atoms with Crippen molar-refractivity contribution >= 4 is 12.2 Å². The molecule has 1 aromatic heterocycles. The Kier molecular flexibility index (Phi) is 2.72. The monoisotopic (exact) mass is 258 g/mol. The van der Waals surface area contributed by atoms with Gasteiger partial charge < -0.3 is 4.84 Å². The summed E-state index contributed by atoms with van der Waals surface area (Å²) < 4.78 is 0. The normalized spacial score (nSPS) is 24.4. The minimum Gasteiger partial charge on any atom is -0.404 e. The average molecular weight is 258 g/mol. The lowest BCUT2D eigenvalue weighted by molar-refractivity contribution is -0.0130. The van der Waals surface area contributed by atoms with E-state index >= 15 is 0 Å². The van der Waals surface area contributed by atoms with Crippen LogP contribution < -0.4 is 10.3 Å². The van der Waals surface area contributed by atoms with Gasteiger partial charge in [0.1, 0.15) is 5.69 Å². The Labute approximate surface area is 116 Å². The molecule has 0 atom stereocenters. The third-order valence-corrected chi connectivity index (χ3v) is 5.41. The molecule has 1 fully saturated rings. The molecule has 0 saturated carbocycles. The van der Waals surface area contributed by atoms with E-state index in [0.29, 0.717) is 17.5 Å². The summed E-state index contributed by atoms with van der Waals surface area (Å²) in [5.41, 5.74) is 3.19. The molecular weight excluding hydrogens is 235 g/mol. The van der Waals surface area contributed by atoms with E-state index in [9.17, 15) is 0 Å². The van der Waals surface area contributed by atoms with E-state index in [1.54, 1.807) is 0 Å². The SMILES string of the molecule is CN1Cc2nccc(B3CC(C)(C)C(C)(C)C3)c2O1. The van der Waals surface area contributed by atoms with Crippen molar-refractivity contribution in [1.82, 2.24) is 10.0 Å². The Hall–Kier alpha value is -1.03. The van der Waals surface area contributed by atoms with E-state index in [1.807, 2.05) is 18.3 Å². The summed E-state index contributed by atoms with van der Waals surface area (Å²) in [6, 6.07) is 2.15. The zero-order valence-corrected chi connectivity index (χ0v) is 12.7. The van der Waals surface area contributed by atoms with Crippen molar-refractivity contribution in [3.8, 4) is 5.75 Å². The molecule has 0 spiro atoms. The van der Waals surface area contributed by atoms with Gasteiger partial charge in [0, 0.05) is 13.2 Å². The number of hydroxylamine groups is 2. The highest BCUT2D eigenvalue weighted by Crippen LogP contribution is 2.53. The Morgan fingerprint density at radius 3 is 2.47 bits per heavy atom. The minimum absolute atomic E-state index is 0.373. The molecule has 1 aromatic rings. The fourth-order valence-corrected chi connectivity index (χ4v) is 3.52. The fraction of sp³-hybridized carbons (Fsp3) is 0.667. The van der Waals surface area contributed by atoms with Crippen LogP contribution in [0.5, 0.6) is 5.75 Å². The zero-order valence-electron chi connectivity index (χ0n) is 12.7. The van der Waals surface area contributed by atoms with Gasteiger partial charge in [-0.3, -0.25) is 4.98 Å². The van der Waals surface area contributed by atoms with Gasteiger partial charge in [-0.15, -0.1) is 5.06 Å². The largest absolute Gasteiger partial charge is 0.404 e. The van der Waals surface area contributed by atoms with Crippen LogP contribution in [-0.4, -0.2) is 23.8 Å². The fourth-order valence-electron chi connectivity index (χ4n) is 3.52. The van der Waals surface area contributed by atoms with Gasteiger partial charge in [-0.2, -0.15) is 0 Å². The molecule has 0 amide bonds. The molecule has 3 nitrogen and oxygen atoms in total. The molecule has 19 heavy (non-hydrogen) atoms. The van der Waals surface area contributed by atoms with Crippen LogP contribution in [0.25, 0.3) is 0 Å². The molecule has 3 rings (SSSR count). The molecule has 2 aliphatic rings. The predicted octanol–water partition coefficient (Wildman–Crippen LogP) is 2.59. The summed E-state index contributed by atoms with van der Waals surface area (Å²) in [4.78, 5) is 10.3. The minimum atomic E-state index is 0.373. The van der Waals surface area contributed by atoms with Gasteiger partial charge in [0.25, 0.3) is 0 Å². The first-order valence-electron chi connectivity index (χ1n) is 7.17. The Morgan fingerprint density at radius 1 is 1.21 bits per heavy atom. The number of hydrogen-bond acceptors (Lipinski definition) is 3. The van der Waals surface area contributed by atoms with Crippen molar-refractivity contribution in [3.05, 3.63) is 18.0 Å². The second-order valence-corrected chi connectivity index (χ2v) is 7.43. The highest BCUT2D eigenvalue weighted by atomic mass is 16.7. The second kappa shape index (κ2) is 3.98. The lowest BCUT2D eigenvalue weighted by Crippen LogP contribution is -2.30. The first-order valence-corrected chi connectivity index (χ1v) is 7.17. The number of rotatable bonds is 1. The molecule has 3 heterocycles. The van der Waals surface area contributed by atoms with Crippen molar-refractivity contribution < 1.29 is 4.84 Å². The van der Waals surface area contributed by atoms with Gasteiger partial charge >= 0.3 is 0 Å². The Morgan fingerprint density at radius 2 is 1.84 bits per heavy atom. The van der Waals surface area contributed by atoms with Crippen LogP contribution >= 0.6 is 0 Å². The summed E-state index contributed by atoms with van der Waals surface area (Å²) in [6.07, 6.45) is 4.39. The van der Waals surface area contributed by atoms with E-state index in [1.165, 1.54) is 18.1 Å². The topological polar surface area (TPSA) is 25.4 Å². The lowest BCUT2D eigenvalue weighted by Gasteiger charge is -2.35. The summed E-state index contributed by atoms with van der Waals surface area (Å²) in [5, 5.41) is 1.87. The highest BCUT2D eigenvalue weighted by Gasteiger charge is 2.49. The third kappa shape index (κ3) is 1.97. The van der Waals surface area contributed by atoms with Crippen molar-refractivity contribution in [3.63, 3.8) is 0 Å². The van der Waals surface area contributed by atoms with E-state index in [-0.39, 0.29) is 0 Å². The quantitative estimate of drug-likeness (QED) is 0.724. The highest BCUT2D eigenvalue weighted by molar-refractivity contribution is 6.75. The summed E-state index contributed by atoms with van der Waals surface area (Å²) in [5.74, 6) is 1.02. The van der Waals surface area contributed by atoms with Crippen LogP contribution in [0.2, 0.25) is 12.6 Å². The number of hydrogen-bond donors (Lipinski definition) is 0. The Bertz CT molecular complexity index is 497. The van der Waals surface area contributed by atoms with Crippen LogP contribution in [0.4, 0.5) is 0 Å². The predicted molar refractivity (Wildman–Crippen MR) is 78.9 cm³/mol. The van der Waals surface area contributed by atoms with Crippen molar-refractivity contribution in [2.45, 2.75) is 46.9 Å². The van der Waals surface area contributed by atoms with Crippen LogP contribution in [0.3, 0.4) is 0 Å². The maximum atomic E-state index is 5.86. The molecule has 2 aliphatic heterocycles. The standard InChI is InChI=1S/C15H23BN2O/c1-14(2)9-16(10-15(14,3)4)11-6-7-17-12-8-18(5)19-13(11)12/h6-7H,8-10H2,1-5H3. The van der Waals surface area contributed by atoms with Crippen LogP contribution in [0, 0.1) is 10.8 Å². The first-order chi connectivity index (χ1) is 8.80. The molecule has 0 aliphatic carbocycles. The Balaban J connectivity index is 1.96. The van der Waals surface area contributed by atoms with E-state index in [2.05, 4.69) is 38.7 Å². The number of pyridine rings is 1. The van der Waals surface area contributed by atoms with Gasteiger partial charge in [-0.1, -0.05) is 40.3 Å². The van der Waals surface area contributed by atoms with Crippen LogP contribution in [0.1, 0.15) is 33.4 Å². The molecule has 102 valence electrons. The average Bonchev–Trinajstić information content (AvgIpc) is 2.75. The number of nitrogens with zero attached hydrogens (tertiary/aromatic N) is 2. The van der Waals surface area contributed by atoms with E-state index in [4.69, 9.17) is 4.84 Å². The maximum Gasteiger partial charge on any atom is 0.182 e. The molecule has 0 aromatic carbocycles. The van der Waals surface area contributed by atoms with Crippen LogP contribution in [-0.2, 0) is 6.54 Å². The molecule has 0 N–H and O–H groups in total. The number of aromatic nitrogens is 1. The smallest absolute Gasteiger partial charge is 0.182 e. The van der Waals surface area contributed by atoms with Gasteiger partial charge in [0.15, 0.2) is 12.5 Å². The van der Waals surface area contributed by atoms with Gasteiger partial charge in [-0.05, 0) is 22.4 Å². The number of fused-ring (bicyclic) bond motifs is 1. The molecule has 0 unspecified atom stereocenters. The van der Waals surface area contributed by atoms with Crippen molar-refractivity contribution in [2.24, 2.45) is 10.8 Å². The van der Waals surface area contributed by atoms with Crippen molar-refractivity contribution in [1.29, 1.82) is 0 Å². The van der Waals surface area contributed by atoms with Gasteiger partial charge in [0.2, 0.25) is 0 Å². The second-order valence-electron chi connectivity index (χ2n) is 7.43. The summed E-state index contributed by atoms with van der Waals surface area (Å²) in [6.45, 7) is 10.9. The molecule has 4 heteroatoms. The summed E-state index contributed by atoms with van der Waals surface area (Å²) in [7, 11) is 1.97. The van der Waals surface area contributed by atoms with Gasteiger partial charge in [0.05, 0.1) is 6.54 Å². The van der Waals surface area contributed by atoms with E-state index in [0.717, 1.165) is 18.0 Å². The van der Waals surface area contributed by atoms with Gasteiger partial charge in [-0.25, -0.2) is 0 Å². The van der Waals surface area contributed by atoms with Crippen LogP contribution in [0.15, 0.2) is 12.3 Å². The first kappa shape index (κ1) is 13.0. The zero-order chi connectivity index (χ0) is 13.8. The molecule has 0 radical (unpaired) electrons. The van der Waals surface area contributed by atoms with Crippen molar-refractivity contribution in [2.75, 3.05) is 7.05 Å². The molecule has 1 saturated heterocycles. The summed E-state index contributed by atoms with van der Waals surface area (Å²) >= 11 is 0.